The van der Waals surface area contributed by atoms with Gasteiger partial charge in [-0.05, 0) is 24.6 Å². The minimum absolute atomic E-state index is 0.533. The fraction of sp³-hybridized carbons (Fsp3) is 0.143. The molecule has 0 aromatic heterocycles. The molecule has 0 spiro atoms. The lowest BCUT2D eigenvalue weighted by atomic mass is 10.2. The Morgan fingerprint density at radius 2 is 1.73 bits per heavy atom. The van der Waals surface area contributed by atoms with Crippen LogP contribution in [0.3, 0.4) is 0 Å². The summed E-state index contributed by atoms with van der Waals surface area (Å²) in [7, 11) is 0. The van der Waals surface area contributed by atoms with Gasteiger partial charge < -0.3 is 4.74 Å². The summed E-state index contributed by atoms with van der Waals surface area (Å²) in [5.41, 5.74) is 1.80. The predicted molar refractivity (Wildman–Crippen MR) is 62.0 cm³/mol. The van der Waals surface area contributed by atoms with Crippen LogP contribution in [-0.2, 0) is 6.61 Å². The van der Waals surface area contributed by atoms with Crippen LogP contribution in [0.15, 0.2) is 54.6 Å². The second-order valence-corrected chi connectivity index (χ2v) is 3.34. The summed E-state index contributed by atoms with van der Waals surface area (Å²) >= 11 is 0. The van der Waals surface area contributed by atoms with Crippen LogP contribution in [0.5, 0.6) is 5.75 Å². The van der Waals surface area contributed by atoms with Crippen molar-refractivity contribution in [1.29, 1.82) is 0 Å². The first kappa shape index (κ1) is 7.52. The lowest BCUT2D eigenvalue weighted by Gasteiger charge is -2.06. The molecule has 0 aliphatic rings. The molecule has 0 bridgehead atoms. The smallest absolute Gasteiger partial charge is 0.119 e. The largest absolute Gasteiger partial charge is 0.489 e. The van der Waals surface area contributed by atoms with Crippen molar-refractivity contribution in [2.45, 2.75) is 13.5 Å². The average Bonchev–Trinajstić information content (AvgIpc) is 2.38. The molecule has 0 aliphatic carbocycles. The SMILES string of the molecule is [2H]C([2H])c1ccc(OCc2ccccc2)cc1. The van der Waals surface area contributed by atoms with Gasteiger partial charge in [0.15, 0.2) is 0 Å². The van der Waals surface area contributed by atoms with Gasteiger partial charge in [-0.2, -0.15) is 0 Å². The maximum absolute atomic E-state index is 7.25. The monoisotopic (exact) mass is 200 g/mol. The molecule has 1 heteroatoms. The van der Waals surface area contributed by atoms with Crippen molar-refractivity contribution in [2.24, 2.45) is 0 Å². The van der Waals surface area contributed by atoms with Crippen LogP contribution in [0.4, 0.5) is 0 Å². The van der Waals surface area contributed by atoms with Gasteiger partial charge in [0.2, 0.25) is 0 Å². The molecule has 2 aromatic carbocycles. The zero-order chi connectivity index (χ0) is 12.1. The number of aryl methyl sites for hydroxylation is 1. The van der Waals surface area contributed by atoms with Gasteiger partial charge in [0, 0.05) is 2.74 Å². The van der Waals surface area contributed by atoms with Crippen molar-refractivity contribution in [3.63, 3.8) is 0 Å². The molecule has 0 saturated heterocycles. The Hall–Kier alpha value is -1.76. The van der Waals surface area contributed by atoms with Crippen LogP contribution in [-0.4, -0.2) is 0 Å². The molecule has 2 aromatic rings. The van der Waals surface area contributed by atoms with Crippen LogP contribution in [0.2, 0.25) is 0 Å². The fourth-order valence-electron chi connectivity index (χ4n) is 1.30. The fourth-order valence-corrected chi connectivity index (χ4v) is 1.30. The van der Waals surface area contributed by atoms with Crippen LogP contribution in [0.1, 0.15) is 13.9 Å². The molecule has 1 nitrogen and oxygen atoms in total. The van der Waals surface area contributed by atoms with Crippen molar-refractivity contribution < 1.29 is 7.48 Å². The predicted octanol–water partition coefficient (Wildman–Crippen LogP) is 3.57. The molecule has 2 rings (SSSR count). The van der Waals surface area contributed by atoms with E-state index in [9.17, 15) is 0 Å². The van der Waals surface area contributed by atoms with E-state index >= 15 is 0 Å². The topological polar surface area (TPSA) is 9.23 Å². The Labute approximate surface area is 93.1 Å². The molecule has 0 saturated carbocycles. The Kier molecular flexibility index (Phi) is 2.33. The first-order valence-corrected chi connectivity index (χ1v) is 4.87. The Bertz CT molecular complexity index is 451. The number of hydrogen-bond acceptors (Lipinski definition) is 1. The van der Waals surface area contributed by atoms with Crippen LogP contribution in [0.25, 0.3) is 0 Å². The summed E-state index contributed by atoms with van der Waals surface area (Å²) in [6, 6.07) is 17.1. The molecule has 0 aliphatic heterocycles. The molecular weight excluding hydrogens is 184 g/mol. The number of hydrogen-bond donors (Lipinski definition) is 0. The first-order valence-electron chi connectivity index (χ1n) is 6.02. The molecule has 0 N–H and O–H groups in total. The number of ether oxygens (including phenoxy) is 1. The van der Waals surface area contributed by atoms with Crippen molar-refractivity contribution in [3.05, 3.63) is 65.7 Å². The Morgan fingerprint density at radius 3 is 2.40 bits per heavy atom. The lowest BCUT2D eigenvalue weighted by Crippen LogP contribution is -1.94. The van der Waals surface area contributed by atoms with Crippen LogP contribution < -0.4 is 4.74 Å². The third-order valence-corrected chi connectivity index (χ3v) is 2.13. The van der Waals surface area contributed by atoms with Gasteiger partial charge in [-0.25, -0.2) is 0 Å². The number of benzene rings is 2. The zero-order valence-corrected chi connectivity index (χ0v) is 8.39. The highest BCUT2D eigenvalue weighted by Crippen LogP contribution is 2.13. The van der Waals surface area contributed by atoms with Gasteiger partial charge in [0.1, 0.15) is 12.4 Å². The zero-order valence-electron chi connectivity index (χ0n) is 10.4. The van der Waals surface area contributed by atoms with E-state index in [4.69, 9.17) is 7.48 Å². The standard InChI is InChI=1S/C14H14O/c1-12-7-9-14(10-8-12)15-11-13-5-3-2-4-6-13/h2-10H,11H2,1H3/i1D2. The highest BCUT2D eigenvalue weighted by molar-refractivity contribution is 5.26. The van der Waals surface area contributed by atoms with E-state index in [1.807, 2.05) is 30.3 Å². The summed E-state index contributed by atoms with van der Waals surface area (Å²) in [6.07, 6.45) is 0. The highest BCUT2D eigenvalue weighted by Gasteiger charge is 1.94. The average molecular weight is 200 g/mol. The summed E-state index contributed by atoms with van der Waals surface area (Å²) in [6.45, 7) is -0.399. The molecular formula is C14H14O. The van der Waals surface area contributed by atoms with Crippen molar-refractivity contribution in [3.8, 4) is 5.75 Å². The third kappa shape index (κ3) is 2.84. The molecule has 0 radical (unpaired) electrons. The summed E-state index contributed by atoms with van der Waals surface area (Å²) in [5, 5.41) is 0. The molecule has 76 valence electrons. The van der Waals surface area contributed by atoms with Crippen LogP contribution in [0, 0.1) is 6.88 Å². The molecule has 15 heavy (non-hydrogen) atoms. The normalized spacial score (nSPS) is 12.1. The van der Waals surface area contributed by atoms with E-state index in [0.717, 1.165) is 11.3 Å². The van der Waals surface area contributed by atoms with E-state index in [2.05, 4.69) is 0 Å². The Balaban J connectivity index is 1.96. The second kappa shape index (κ2) is 4.65. The van der Waals surface area contributed by atoms with Gasteiger partial charge in [-0.15, -0.1) is 0 Å². The first-order chi connectivity index (χ1) is 8.25. The maximum atomic E-state index is 7.25. The molecule has 0 atom stereocenters. The molecule has 0 fully saturated rings. The van der Waals surface area contributed by atoms with Gasteiger partial charge in [-0.1, -0.05) is 48.0 Å². The lowest BCUT2D eigenvalue weighted by molar-refractivity contribution is 0.306. The van der Waals surface area contributed by atoms with Crippen molar-refractivity contribution >= 4 is 0 Å². The van der Waals surface area contributed by atoms with E-state index in [0.29, 0.717) is 12.2 Å². The van der Waals surface area contributed by atoms with E-state index in [1.54, 1.807) is 24.3 Å². The van der Waals surface area contributed by atoms with Gasteiger partial charge in [-0.3, -0.25) is 0 Å². The second-order valence-electron chi connectivity index (χ2n) is 3.34. The minimum atomic E-state index is -0.932. The summed E-state index contributed by atoms with van der Waals surface area (Å²) in [5.74, 6) is 0.762. The highest BCUT2D eigenvalue weighted by atomic mass is 16.5. The maximum Gasteiger partial charge on any atom is 0.119 e. The number of rotatable bonds is 3. The van der Waals surface area contributed by atoms with Crippen molar-refractivity contribution in [1.82, 2.24) is 0 Å². The van der Waals surface area contributed by atoms with Crippen LogP contribution >= 0.6 is 0 Å². The Morgan fingerprint density at radius 1 is 1.00 bits per heavy atom. The quantitative estimate of drug-likeness (QED) is 0.736. The van der Waals surface area contributed by atoms with E-state index < -0.39 is 6.88 Å². The third-order valence-electron chi connectivity index (χ3n) is 2.13. The van der Waals surface area contributed by atoms with Gasteiger partial charge >= 0.3 is 0 Å². The van der Waals surface area contributed by atoms with E-state index in [1.165, 1.54) is 0 Å². The van der Waals surface area contributed by atoms with E-state index in [-0.39, 0.29) is 0 Å². The minimum Gasteiger partial charge on any atom is -0.489 e. The van der Waals surface area contributed by atoms with Gasteiger partial charge in [0.05, 0.1) is 0 Å². The molecule has 0 amide bonds. The molecule has 0 heterocycles. The summed E-state index contributed by atoms with van der Waals surface area (Å²) in [4.78, 5) is 0. The summed E-state index contributed by atoms with van der Waals surface area (Å²) < 4.78 is 20.1. The van der Waals surface area contributed by atoms with Gasteiger partial charge in [0.25, 0.3) is 0 Å². The molecule has 0 unspecified atom stereocenters. The van der Waals surface area contributed by atoms with Crippen molar-refractivity contribution in [2.75, 3.05) is 0 Å².